The van der Waals surface area contributed by atoms with Gasteiger partial charge in [0.05, 0.1) is 15.8 Å². The molecule has 0 radical (unpaired) electrons. The Labute approximate surface area is 208 Å². The molecule has 0 saturated heterocycles. The molecule has 0 saturated carbocycles. The van der Waals surface area contributed by atoms with Gasteiger partial charge in [-0.2, -0.15) is 0 Å². The minimum atomic E-state index is -0.216. The number of hydrogen-bond acceptors (Lipinski definition) is 5. The number of halogens is 3. The van der Waals surface area contributed by atoms with E-state index in [4.69, 9.17) is 51.4 Å². The lowest BCUT2D eigenvalue weighted by Gasteiger charge is -2.09. The monoisotopic (exact) mass is 521 g/mol. The highest BCUT2D eigenvalue weighted by atomic mass is 35.5. The van der Waals surface area contributed by atoms with Gasteiger partial charge in [0.15, 0.2) is 10.7 Å². The Kier molecular flexibility index (Phi) is 7.23. The molecule has 0 fully saturated rings. The van der Waals surface area contributed by atoms with Crippen LogP contribution >= 0.6 is 58.8 Å². The molecule has 0 aliphatic rings. The quantitative estimate of drug-likeness (QED) is 0.216. The zero-order chi connectivity index (χ0) is 22.7. The summed E-state index contributed by atoms with van der Waals surface area (Å²) in [4.78, 5) is 17.6. The first-order chi connectivity index (χ1) is 15.4. The molecule has 3 aromatic carbocycles. The molecule has 0 atom stereocenters. The number of fused-ring (bicyclic) bond motifs is 1. The number of rotatable bonds is 5. The second-order valence-corrected chi connectivity index (χ2v) is 9.28. The average molecular weight is 523 g/mol. The molecule has 4 aromatic rings. The standard InChI is InChI=1S/C22H14Cl3N3O2S2/c23-13-2-5-15(6-3-13)32-11-20(29)28-22(31)26-14-4-8-19-18(10-14)27-21(30-19)12-1-7-16(24)17(25)9-12/h1-10H,11H2,(H2,26,28,29,31). The van der Waals surface area contributed by atoms with Crippen molar-refractivity contribution in [1.82, 2.24) is 10.3 Å². The molecular weight excluding hydrogens is 509 g/mol. The predicted octanol–water partition coefficient (Wildman–Crippen LogP) is 7.06. The fourth-order valence-electron chi connectivity index (χ4n) is 2.76. The van der Waals surface area contributed by atoms with Gasteiger partial charge in [0, 0.05) is 21.2 Å². The lowest BCUT2D eigenvalue weighted by Crippen LogP contribution is -2.35. The molecule has 5 nitrogen and oxygen atoms in total. The zero-order valence-electron chi connectivity index (χ0n) is 16.2. The number of anilines is 1. The van der Waals surface area contributed by atoms with Crippen LogP contribution in [0.15, 0.2) is 70.0 Å². The van der Waals surface area contributed by atoms with Crippen molar-refractivity contribution in [2.45, 2.75) is 4.90 Å². The van der Waals surface area contributed by atoms with E-state index in [2.05, 4.69) is 15.6 Å². The Bertz CT molecular complexity index is 1310. The Morgan fingerprint density at radius 2 is 1.78 bits per heavy atom. The molecule has 1 aromatic heterocycles. The van der Waals surface area contributed by atoms with Gasteiger partial charge in [-0.3, -0.25) is 4.79 Å². The summed E-state index contributed by atoms with van der Waals surface area (Å²) in [5.41, 5.74) is 2.61. The molecule has 32 heavy (non-hydrogen) atoms. The van der Waals surface area contributed by atoms with Gasteiger partial charge in [-0.1, -0.05) is 34.8 Å². The molecule has 0 aliphatic heterocycles. The van der Waals surface area contributed by atoms with Crippen LogP contribution in [0.2, 0.25) is 15.1 Å². The number of amides is 1. The van der Waals surface area contributed by atoms with E-state index in [9.17, 15) is 4.79 Å². The molecule has 4 rings (SSSR count). The van der Waals surface area contributed by atoms with Crippen molar-refractivity contribution in [2.24, 2.45) is 0 Å². The number of aromatic nitrogens is 1. The molecule has 162 valence electrons. The van der Waals surface area contributed by atoms with Crippen molar-refractivity contribution in [2.75, 3.05) is 11.1 Å². The third kappa shape index (κ3) is 5.74. The molecule has 1 amide bonds. The summed E-state index contributed by atoms with van der Waals surface area (Å²) in [5.74, 6) is 0.427. The second-order valence-electron chi connectivity index (χ2n) is 6.58. The van der Waals surface area contributed by atoms with E-state index in [0.717, 1.165) is 4.90 Å². The highest BCUT2D eigenvalue weighted by molar-refractivity contribution is 8.00. The van der Waals surface area contributed by atoms with E-state index >= 15 is 0 Å². The largest absolute Gasteiger partial charge is 0.436 e. The molecular formula is C22H14Cl3N3O2S2. The molecule has 0 unspecified atom stereocenters. The number of nitrogens with zero attached hydrogens (tertiary/aromatic N) is 1. The maximum absolute atomic E-state index is 12.2. The lowest BCUT2D eigenvalue weighted by molar-refractivity contribution is -0.117. The zero-order valence-corrected chi connectivity index (χ0v) is 20.1. The van der Waals surface area contributed by atoms with E-state index in [1.54, 1.807) is 48.5 Å². The topological polar surface area (TPSA) is 67.2 Å². The maximum Gasteiger partial charge on any atom is 0.236 e. The Morgan fingerprint density at radius 1 is 1.00 bits per heavy atom. The Morgan fingerprint density at radius 3 is 2.53 bits per heavy atom. The third-order valence-corrected chi connectivity index (χ3v) is 6.46. The number of hydrogen-bond donors (Lipinski definition) is 2. The summed E-state index contributed by atoms with van der Waals surface area (Å²) in [5, 5.41) is 7.38. The molecule has 0 aliphatic carbocycles. The van der Waals surface area contributed by atoms with E-state index in [1.165, 1.54) is 11.8 Å². The van der Waals surface area contributed by atoms with Gasteiger partial charge in [-0.05, 0) is 72.9 Å². The molecule has 0 bridgehead atoms. The third-order valence-electron chi connectivity index (χ3n) is 4.25. The first-order valence-electron chi connectivity index (χ1n) is 9.22. The van der Waals surface area contributed by atoms with Gasteiger partial charge in [-0.15, -0.1) is 11.8 Å². The van der Waals surface area contributed by atoms with Crippen LogP contribution in [0.25, 0.3) is 22.6 Å². The van der Waals surface area contributed by atoms with Gasteiger partial charge < -0.3 is 15.1 Å². The van der Waals surface area contributed by atoms with Crippen molar-refractivity contribution in [3.05, 3.63) is 75.7 Å². The number of carbonyl (C=O) groups excluding carboxylic acids is 1. The normalized spacial score (nSPS) is 10.8. The summed E-state index contributed by atoms with van der Waals surface area (Å²) < 4.78 is 5.80. The van der Waals surface area contributed by atoms with Crippen LogP contribution in [-0.4, -0.2) is 21.8 Å². The molecule has 2 N–H and O–H groups in total. The number of nitrogens with one attached hydrogen (secondary N) is 2. The summed E-state index contributed by atoms with van der Waals surface area (Å²) in [7, 11) is 0. The molecule has 10 heteroatoms. The number of carbonyl (C=O) groups is 1. The summed E-state index contributed by atoms with van der Waals surface area (Å²) in [6.07, 6.45) is 0. The van der Waals surface area contributed by atoms with Crippen molar-refractivity contribution < 1.29 is 9.21 Å². The van der Waals surface area contributed by atoms with Gasteiger partial charge >= 0.3 is 0 Å². The summed E-state index contributed by atoms with van der Waals surface area (Å²) >= 11 is 24.6. The van der Waals surface area contributed by atoms with Crippen molar-refractivity contribution in [3.8, 4) is 11.5 Å². The van der Waals surface area contributed by atoms with Gasteiger partial charge in [0.25, 0.3) is 0 Å². The maximum atomic E-state index is 12.2. The first-order valence-corrected chi connectivity index (χ1v) is 11.8. The lowest BCUT2D eigenvalue weighted by atomic mass is 10.2. The number of thiocarbonyl (C=S) groups is 1. The summed E-state index contributed by atoms with van der Waals surface area (Å²) in [6.45, 7) is 0. The van der Waals surface area contributed by atoms with Crippen LogP contribution in [0, 0.1) is 0 Å². The van der Waals surface area contributed by atoms with Crippen LogP contribution in [0.5, 0.6) is 0 Å². The van der Waals surface area contributed by atoms with E-state index in [0.29, 0.717) is 43.3 Å². The van der Waals surface area contributed by atoms with E-state index < -0.39 is 0 Å². The fourth-order valence-corrected chi connectivity index (χ4v) is 4.12. The smallest absolute Gasteiger partial charge is 0.236 e. The van der Waals surface area contributed by atoms with Crippen LogP contribution in [0.1, 0.15) is 0 Å². The minimum absolute atomic E-state index is 0.194. The van der Waals surface area contributed by atoms with Gasteiger partial charge in [0.1, 0.15) is 5.52 Å². The molecule has 0 spiro atoms. The Hall–Kier alpha value is -2.29. The van der Waals surface area contributed by atoms with Crippen molar-refractivity contribution in [3.63, 3.8) is 0 Å². The second kappa shape index (κ2) is 10.1. The minimum Gasteiger partial charge on any atom is -0.436 e. The number of oxazole rings is 1. The number of benzene rings is 3. The van der Waals surface area contributed by atoms with Crippen LogP contribution < -0.4 is 10.6 Å². The SMILES string of the molecule is O=C(CSc1ccc(Cl)cc1)NC(=S)Nc1ccc2oc(-c3ccc(Cl)c(Cl)c3)nc2c1. The Balaban J connectivity index is 1.37. The highest BCUT2D eigenvalue weighted by Crippen LogP contribution is 2.30. The van der Waals surface area contributed by atoms with E-state index in [-0.39, 0.29) is 16.8 Å². The van der Waals surface area contributed by atoms with E-state index in [1.807, 2.05) is 12.1 Å². The first kappa shape index (κ1) is 22.9. The van der Waals surface area contributed by atoms with Crippen LogP contribution in [-0.2, 0) is 4.79 Å². The fraction of sp³-hybridized carbons (Fsp3) is 0.0455. The van der Waals surface area contributed by atoms with Gasteiger partial charge in [-0.25, -0.2) is 4.98 Å². The number of thioether (sulfide) groups is 1. The van der Waals surface area contributed by atoms with Crippen molar-refractivity contribution >= 4 is 86.6 Å². The van der Waals surface area contributed by atoms with Crippen LogP contribution in [0.3, 0.4) is 0 Å². The average Bonchev–Trinajstić information content (AvgIpc) is 3.18. The van der Waals surface area contributed by atoms with Crippen LogP contribution in [0.4, 0.5) is 5.69 Å². The summed E-state index contributed by atoms with van der Waals surface area (Å²) in [6, 6.07) is 17.8. The molecule has 1 heterocycles. The predicted molar refractivity (Wildman–Crippen MR) is 136 cm³/mol. The van der Waals surface area contributed by atoms with Crippen molar-refractivity contribution in [1.29, 1.82) is 0 Å². The van der Waals surface area contributed by atoms with Gasteiger partial charge in [0.2, 0.25) is 11.8 Å². The highest BCUT2D eigenvalue weighted by Gasteiger charge is 2.12.